The molecule has 28 heavy (non-hydrogen) atoms. The van der Waals surface area contributed by atoms with Gasteiger partial charge in [-0.3, -0.25) is 9.59 Å². The molecule has 0 saturated heterocycles. The van der Waals surface area contributed by atoms with Gasteiger partial charge in [0.25, 0.3) is 0 Å². The highest BCUT2D eigenvalue weighted by Crippen LogP contribution is 2.34. The monoisotopic (exact) mass is 400 g/mol. The van der Waals surface area contributed by atoms with Crippen LogP contribution in [-0.4, -0.2) is 35.4 Å². The first-order chi connectivity index (χ1) is 13.5. The smallest absolute Gasteiger partial charge is 0.328 e. The Morgan fingerprint density at radius 3 is 2.61 bits per heavy atom. The van der Waals surface area contributed by atoms with Crippen LogP contribution in [0.3, 0.4) is 0 Å². The summed E-state index contributed by atoms with van der Waals surface area (Å²) in [5.74, 6) is -0.541. The number of rotatable bonds is 7. The Labute approximate surface area is 164 Å². The first-order valence-electron chi connectivity index (χ1n) is 8.14. The normalized spacial score (nSPS) is 12.0. The summed E-state index contributed by atoms with van der Waals surface area (Å²) in [5.41, 5.74) is 1.11. The summed E-state index contributed by atoms with van der Waals surface area (Å²) in [6.07, 6.45) is 1.69. The number of aliphatic carboxylic acids is 1. The van der Waals surface area contributed by atoms with Gasteiger partial charge in [0.05, 0.1) is 5.75 Å². The molecule has 2 aromatic carbocycles. The van der Waals surface area contributed by atoms with Gasteiger partial charge in [0.1, 0.15) is 0 Å². The Hall–Kier alpha value is -3.46. The number of carboxylic acid groups (broad SMARTS) is 1. The largest absolute Gasteiger partial charge is 0.478 e. The number of ether oxygens (including phenoxy) is 2. The predicted molar refractivity (Wildman–Crippen MR) is 104 cm³/mol. The van der Waals surface area contributed by atoms with E-state index in [-0.39, 0.29) is 18.5 Å². The SMILES string of the molecule is O=C(O)/C=C/C(=O)Nc1cccc(SCC(=O)Nc2ccc3c(c2)OCO3)c1. The zero-order valence-corrected chi connectivity index (χ0v) is 15.3. The van der Waals surface area contributed by atoms with Crippen molar-refractivity contribution in [3.8, 4) is 11.5 Å². The van der Waals surface area contributed by atoms with Gasteiger partial charge in [-0.25, -0.2) is 4.79 Å². The molecule has 0 fully saturated rings. The van der Waals surface area contributed by atoms with Crippen molar-refractivity contribution < 1.29 is 29.0 Å². The van der Waals surface area contributed by atoms with Crippen molar-refractivity contribution in [3.05, 3.63) is 54.6 Å². The number of amides is 2. The van der Waals surface area contributed by atoms with Gasteiger partial charge in [-0.15, -0.1) is 11.8 Å². The maximum Gasteiger partial charge on any atom is 0.328 e. The highest BCUT2D eigenvalue weighted by Gasteiger charge is 2.14. The zero-order chi connectivity index (χ0) is 19.9. The molecule has 1 heterocycles. The van der Waals surface area contributed by atoms with Crippen molar-refractivity contribution >= 4 is 40.9 Å². The number of carbonyl (C=O) groups is 3. The second kappa shape index (κ2) is 8.96. The maximum absolute atomic E-state index is 12.2. The van der Waals surface area contributed by atoms with Gasteiger partial charge in [-0.05, 0) is 30.3 Å². The number of carboxylic acids is 1. The third-order valence-electron chi connectivity index (χ3n) is 3.51. The molecule has 144 valence electrons. The van der Waals surface area contributed by atoms with E-state index in [9.17, 15) is 14.4 Å². The van der Waals surface area contributed by atoms with Crippen LogP contribution in [0, 0.1) is 0 Å². The van der Waals surface area contributed by atoms with Crippen LogP contribution in [0.5, 0.6) is 11.5 Å². The van der Waals surface area contributed by atoms with Crippen LogP contribution in [-0.2, 0) is 14.4 Å². The number of hydrogen-bond donors (Lipinski definition) is 3. The Morgan fingerprint density at radius 2 is 1.79 bits per heavy atom. The maximum atomic E-state index is 12.2. The second-order valence-electron chi connectivity index (χ2n) is 5.59. The first-order valence-corrected chi connectivity index (χ1v) is 9.12. The lowest BCUT2D eigenvalue weighted by Crippen LogP contribution is -2.14. The fourth-order valence-electron chi connectivity index (χ4n) is 2.31. The number of fused-ring (bicyclic) bond motifs is 1. The van der Waals surface area contributed by atoms with Gasteiger partial charge in [0, 0.05) is 34.5 Å². The summed E-state index contributed by atoms with van der Waals surface area (Å²) in [5, 5.41) is 13.9. The molecule has 2 amide bonds. The van der Waals surface area contributed by atoms with Crippen molar-refractivity contribution in [2.75, 3.05) is 23.2 Å². The molecule has 8 nitrogen and oxygen atoms in total. The molecule has 0 saturated carbocycles. The number of anilines is 2. The van der Waals surface area contributed by atoms with Crippen molar-refractivity contribution in [2.24, 2.45) is 0 Å². The Balaban J connectivity index is 1.52. The van der Waals surface area contributed by atoms with E-state index in [1.165, 1.54) is 11.8 Å². The molecule has 0 spiro atoms. The van der Waals surface area contributed by atoms with Gasteiger partial charge in [0.15, 0.2) is 11.5 Å². The summed E-state index contributed by atoms with van der Waals surface area (Å²) in [7, 11) is 0. The number of thioether (sulfide) groups is 1. The average molecular weight is 400 g/mol. The van der Waals surface area contributed by atoms with E-state index in [4.69, 9.17) is 14.6 Å². The molecule has 2 aromatic rings. The third-order valence-corrected chi connectivity index (χ3v) is 4.50. The molecule has 9 heteroatoms. The van der Waals surface area contributed by atoms with E-state index in [0.29, 0.717) is 22.9 Å². The summed E-state index contributed by atoms with van der Waals surface area (Å²) in [4.78, 5) is 35.0. The fraction of sp³-hybridized carbons (Fsp3) is 0.105. The van der Waals surface area contributed by atoms with E-state index >= 15 is 0 Å². The van der Waals surface area contributed by atoms with Gasteiger partial charge in [-0.2, -0.15) is 0 Å². The van der Waals surface area contributed by atoms with Crippen LogP contribution in [0.25, 0.3) is 0 Å². The van der Waals surface area contributed by atoms with Gasteiger partial charge >= 0.3 is 5.97 Å². The average Bonchev–Trinajstić information content (AvgIpc) is 3.13. The molecule has 0 bridgehead atoms. The lowest BCUT2D eigenvalue weighted by Gasteiger charge is -2.07. The second-order valence-corrected chi connectivity index (χ2v) is 6.64. The number of nitrogens with one attached hydrogen (secondary N) is 2. The van der Waals surface area contributed by atoms with Gasteiger partial charge in [0.2, 0.25) is 18.6 Å². The van der Waals surface area contributed by atoms with E-state index in [0.717, 1.165) is 17.0 Å². The minimum absolute atomic E-state index is 0.168. The minimum Gasteiger partial charge on any atom is -0.478 e. The molecular weight excluding hydrogens is 384 g/mol. The van der Waals surface area contributed by atoms with Crippen LogP contribution >= 0.6 is 11.8 Å². The van der Waals surface area contributed by atoms with Crippen molar-refractivity contribution in [1.82, 2.24) is 0 Å². The molecule has 3 N–H and O–H groups in total. The van der Waals surface area contributed by atoms with Gasteiger partial charge < -0.3 is 25.2 Å². The zero-order valence-electron chi connectivity index (χ0n) is 14.5. The molecule has 0 radical (unpaired) electrons. The minimum atomic E-state index is -1.20. The molecule has 0 aliphatic carbocycles. The highest BCUT2D eigenvalue weighted by molar-refractivity contribution is 8.00. The molecule has 1 aliphatic rings. The first kappa shape index (κ1) is 19.3. The number of benzene rings is 2. The summed E-state index contributed by atoms with van der Waals surface area (Å²) in [6, 6.07) is 12.1. The molecule has 3 rings (SSSR count). The summed E-state index contributed by atoms with van der Waals surface area (Å²) >= 11 is 1.30. The van der Waals surface area contributed by atoms with E-state index in [1.807, 2.05) is 0 Å². The molecule has 0 atom stereocenters. The molecule has 1 aliphatic heterocycles. The number of carbonyl (C=O) groups excluding carboxylic acids is 2. The van der Waals surface area contributed by atoms with Crippen LogP contribution in [0.2, 0.25) is 0 Å². The topological polar surface area (TPSA) is 114 Å². The Morgan fingerprint density at radius 1 is 1.00 bits per heavy atom. The number of hydrogen-bond acceptors (Lipinski definition) is 6. The van der Waals surface area contributed by atoms with Crippen molar-refractivity contribution in [1.29, 1.82) is 0 Å². The third kappa shape index (κ3) is 5.52. The van der Waals surface area contributed by atoms with Gasteiger partial charge in [-0.1, -0.05) is 6.07 Å². The van der Waals surface area contributed by atoms with E-state index < -0.39 is 11.9 Å². The molecular formula is C19H16N2O6S. The van der Waals surface area contributed by atoms with E-state index in [2.05, 4.69) is 10.6 Å². The van der Waals surface area contributed by atoms with Crippen LogP contribution in [0.15, 0.2) is 59.5 Å². The molecule has 0 unspecified atom stereocenters. The fourth-order valence-corrected chi connectivity index (χ4v) is 3.07. The lowest BCUT2D eigenvalue weighted by molar-refractivity contribution is -0.131. The quantitative estimate of drug-likeness (QED) is 0.484. The summed E-state index contributed by atoms with van der Waals surface area (Å²) < 4.78 is 10.5. The van der Waals surface area contributed by atoms with E-state index in [1.54, 1.807) is 42.5 Å². The standard InChI is InChI=1S/C19H16N2O6S/c22-17(6-7-19(24)25)20-12-2-1-3-14(8-12)28-10-18(23)21-13-4-5-15-16(9-13)27-11-26-15/h1-9H,10-11H2,(H,20,22)(H,21,23)(H,24,25)/b7-6+. The van der Waals surface area contributed by atoms with Crippen molar-refractivity contribution in [3.63, 3.8) is 0 Å². The molecule has 0 aromatic heterocycles. The van der Waals surface area contributed by atoms with Crippen LogP contribution in [0.1, 0.15) is 0 Å². The predicted octanol–water partition coefficient (Wildman–Crippen LogP) is 2.73. The Bertz CT molecular complexity index is 944. The van der Waals surface area contributed by atoms with Crippen LogP contribution in [0.4, 0.5) is 11.4 Å². The van der Waals surface area contributed by atoms with Crippen LogP contribution < -0.4 is 20.1 Å². The lowest BCUT2D eigenvalue weighted by atomic mass is 10.3. The highest BCUT2D eigenvalue weighted by atomic mass is 32.2. The Kier molecular flexibility index (Phi) is 6.18. The van der Waals surface area contributed by atoms with Crippen molar-refractivity contribution in [2.45, 2.75) is 4.90 Å². The summed E-state index contributed by atoms with van der Waals surface area (Å²) in [6.45, 7) is 0.168.